The van der Waals surface area contributed by atoms with Crippen LogP contribution in [-0.2, 0) is 6.54 Å². The van der Waals surface area contributed by atoms with E-state index in [1.54, 1.807) is 6.20 Å². The van der Waals surface area contributed by atoms with Gasteiger partial charge in [0, 0.05) is 30.9 Å². The first kappa shape index (κ1) is 20.5. The summed E-state index contributed by atoms with van der Waals surface area (Å²) in [5, 5.41) is 10.5. The van der Waals surface area contributed by atoms with Crippen LogP contribution in [-0.4, -0.2) is 29.1 Å². The number of anilines is 2. The molecule has 1 saturated heterocycles. The van der Waals surface area contributed by atoms with Gasteiger partial charge >= 0.3 is 0 Å². The summed E-state index contributed by atoms with van der Waals surface area (Å²) in [7, 11) is 0. The summed E-state index contributed by atoms with van der Waals surface area (Å²) >= 11 is 6.39. The first-order chi connectivity index (χ1) is 14.6. The Balaban J connectivity index is 1.49. The minimum Gasteiger partial charge on any atom is -0.366 e. The first-order valence-corrected chi connectivity index (χ1v) is 10.2. The van der Waals surface area contributed by atoms with Crippen LogP contribution in [0.15, 0.2) is 48.7 Å². The Kier molecular flexibility index (Phi) is 6.40. The molecule has 1 aliphatic heterocycles. The molecule has 1 aromatic carbocycles. The van der Waals surface area contributed by atoms with Crippen molar-refractivity contribution in [2.75, 3.05) is 23.7 Å². The number of aromatic nitrogens is 2. The molecule has 3 aromatic rings. The average molecular weight is 430 g/mol. The molecule has 0 bridgehead atoms. The topological polar surface area (TPSA) is 61.9 Å². The maximum Gasteiger partial charge on any atom is 0.159 e. The van der Waals surface area contributed by atoms with E-state index >= 15 is 0 Å². The van der Waals surface area contributed by atoms with Gasteiger partial charge in [0.15, 0.2) is 11.6 Å². The van der Waals surface area contributed by atoms with Gasteiger partial charge in [0.25, 0.3) is 0 Å². The Morgan fingerprint density at radius 3 is 2.80 bits per heavy atom. The Hall–Kier alpha value is -2.77. The number of rotatable bonds is 6. The van der Waals surface area contributed by atoms with Gasteiger partial charge in [-0.2, -0.15) is 0 Å². The molecule has 30 heavy (non-hydrogen) atoms. The van der Waals surface area contributed by atoms with Crippen LogP contribution in [0.4, 0.5) is 20.4 Å². The van der Waals surface area contributed by atoms with E-state index in [-0.39, 0.29) is 0 Å². The van der Waals surface area contributed by atoms with Gasteiger partial charge in [-0.1, -0.05) is 23.7 Å². The van der Waals surface area contributed by atoms with E-state index in [1.165, 1.54) is 12.1 Å². The van der Waals surface area contributed by atoms with Gasteiger partial charge in [-0.05, 0) is 55.3 Å². The molecule has 0 saturated carbocycles. The molecule has 1 aliphatic rings. The SMILES string of the molecule is Fc1ccc(CNc2cccc(-c3cc(N[C@@H]4CCCNC4)ncc3Cl)n2)cc1F. The van der Waals surface area contributed by atoms with Crippen molar-refractivity contribution in [2.24, 2.45) is 0 Å². The molecule has 0 radical (unpaired) electrons. The van der Waals surface area contributed by atoms with E-state index in [0.717, 1.165) is 43.4 Å². The fourth-order valence-corrected chi connectivity index (χ4v) is 3.62. The van der Waals surface area contributed by atoms with Crippen molar-refractivity contribution < 1.29 is 8.78 Å². The normalized spacial score (nSPS) is 16.3. The summed E-state index contributed by atoms with van der Waals surface area (Å²) in [6.45, 7) is 2.27. The molecule has 0 aliphatic carbocycles. The van der Waals surface area contributed by atoms with Gasteiger partial charge in [-0.3, -0.25) is 0 Å². The molecule has 4 rings (SSSR count). The van der Waals surface area contributed by atoms with Crippen molar-refractivity contribution in [3.05, 3.63) is 70.9 Å². The zero-order valence-corrected chi connectivity index (χ0v) is 17.0. The summed E-state index contributed by atoms with van der Waals surface area (Å²) in [5.74, 6) is -0.367. The van der Waals surface area contributed by atoms with Crippen LogP contribution in [0.5, 0.6) is 0 Å². The average Bonchev–Trinajstić information content (AvgIpc) is 2.77. The van der Waals surface area contributed by atoms with Crippen LogP contribution in [0.3, 0.4) is 0 Å². The Bertz CT molecular complexity index is 1020. The molecular weight excluding hydrogens is 408 g/mol. The van der Waals surface area contributed by atoms with E-state index in [0.29, 0.717) is 34.7 Å². The lowest BCUT2D eigenvalue weighted by Crippen LogP contribution is -2.38. The van der Waals surface area contributed by atoms with Crippen molar-refractivity contribution in [3.63, 3.8) is 0 Å². The Morgan fingerprint density at radius 1 is 1.10 bits per heavy atom. The maximum atomic E-state index is 13.4. The van der Waals surface area contributed by atoms with Gasteiger partial charge in [0.05, 0.1) is 10.7 Å². The van der Waals surface area contributed by atoms with E-state index in [2.05, 4.69) is 25.9 Å². The number of hydrogen-bond acceptors (Lipinski definition) is 5. The monoisotopic (exact) mass is 429 g/mol. The molecule has 1 fully saturated rings. The van der Waals surface area contributed by atoms with Gasteiger partial charge in [0.2, 0.25) is 0 Å². The van der Waals surface area contributed by atoms with Gasteiger partial charge < -0.3 is 16.0 Å². The number of benzene rings is 1. The first-order valence-electron chi connectivity index (χ1n) is 9.86. The second kappa shape index (κ2) is 9.36. The van der Waals surface area contributed by atoms with Crippen LogP contribution in [0.2, 0.25) is 5.02 Å². The third kappa shape index (κ3) is 5.04. The van der Waals surface area contributed by atoms with E-state index in [4.69, 9.17) is 11.6 Å². The summed E-state index contributed by atoms with van der Waals surface area (Å²) in [6.07, 6.45) is 3.85. The molecule has 0 unspecified atom stereocenters. The molecule has 3 heterocycles. The number of halogens is 3. The molecular formula is C22H22ClF2N5. The lowest BCUT2D eigenvalue weighted by molar-refractivity contribution is 0.479. The van der Waals surface area contributed by atoms with Crippen molar-refractivity contribution in [3.8, 4) is 11.3 Å². The van der Waals surface area contributed by atoms with Crippen LogP contribution in [0.25, 0.3) is 11.3 Å². The fourth-order valence-electron chi connectivity index (χ4n) is 3.42. The lowest BCUT2D eigenvalue weighted by Gasteiger charge is -2.24. The minimum atomic E-state index is -0.868. The second-order valence-corrected chi connectivity index (χ2v) is 7.65. The number of hydrogen-bond donors (Lipinski definition) is 3. The minimum absolute atomic E-state index is 0.319. The van der Waals surface area contributed by atoms with E-state index in [1.807, 2.05) is 24.3 Å². The van der Waals surface area contributed by atoms with Gasteiger partial charge in [-0.25, -0.2) is 18.7 Å². The van der Waals surface area contributed by atoms with Gasteiger partial charge in [0.1, 0.15) is 11.6 Å². The molecule has 8 heteroatoms. The molecule has 5 nitrogen and oxygen atoms in total. The zero-order valence-electron chi connectivity index (χ0n) is 16.3. The van der Waals surface area contributed by atoms with Crippen molar-refractivity contribution in [1.82, 2.24) is 15.3 Å². The molecule has 156 valence electrons. The van der Waals surface area contributed by atoms with E-state index in [9.17, 15) is 8.78 Å². The molecule has 0 spiro atoms. The highest BCUT2D eigenvalue weighted by Gasteiger charge is 2.15. The number of piperidine rings is 1. The lowest BCUT2D eigenvalue weighted by atomic mass is 10.1. The second-order valence-electron chi connectivity index (χ2n) is 7.25. The highest BCUT2D eigenvalue weighted by molar-refractivity contribution is 6.33. The molecule has 3 N–H and O–H groups in total. The number of nitrogens with one attached hydrogen (secondary N) is 3. The van der Waals surface area contributed by atoms with Crippen LogP contribution >= 0.6 is 11.6 Å². The van der Waals surface area contributed by atoms with Crippen LogP contribution in [0.1, 0.15) is 18.4 Å². The van der Waals surface area contributed by atoms with Crippen LogP contribution < -0.4 is 16.0 Å². The largest absolute Gasteiger partial charge is 0.366 e. The summed E-state index contributed by atoms with van der Waals surface area (Å²) in [6, 6.07) is 11.6. The summed E-state index contributed by atoms with van der Waals surface area (Å²) < 4.78 is 26.5. The smallest absolute Gasteiger partial charge is 0.159 e. The van der Waals surface area contributed by atoms with Crippen molar-refractivity contribution >= 4 is 23.2 Å². The summed E-state index contributed by atoms with van der Waals surface area (Å²) in [4.78, 5) is 9.01. The number of pyridine rings is 2. The highest BCUT2D eigenvalue weighted by atomic mass is 35.5. The summed E-state index contributed by atoms with van der Waals surface area (Å²) in [5.41, 5.74) is 2.09. The third-order valence-electron chi connectivity index (χ3n) is 4.99. The highest BCUT2D eigenvalue weighted by Crippen LogP contribution is 2.29. The quantitative estimate of drug-likeness (QED) is 0.522. The molecule has 1 atom stereocenters. The fraction of sp³-hybridized carbons (Fsp3) is 0.273. The Labute approximate surface area is 178 Å². The Morgan fingerprint density at radius 2 is 2.00 bits per heavy atom. The van der Waals surface area contributed by atoms with Gasteiger partial charge in [-0.15, -0.1) is 0 Å². The maximum absolute atomic E-state index is 13.4. The predicted molar refractivity (Wildman–Crippen MR) is 116 cm³/mol. The third-order valence-corrected chi connectivity index (χ3v) is 5.29. The van der Waals surface area contributed by atoms with Crippen molar-refractivity contribution in [1.29, 1.82) is 0 Å². The van der Waals surface area contributed by atoms with Crippen LogP contribution in [0, 0.1) is 11.6 Å². The van der Waals surface area contributed by atoms with Crippen molar-refractivity contribution in [2.45, 2.75) is 25.4 Å². The van der Waals surface area contributed by atoms with E-state index < -0.39 is 11.6 Å². The standard InChI is InChI=1S/C22H22ClF2N5/c23-17-13-28-22(29-15-3-2-8-26-12-15)10-16(17)20-4-1-5-21(30-20)27-11-14-6-7-18(24)19(25)9-14/h1,4-7,9-10,13,15,26H,2-3,8,11-12H2,(H,27,30)(H,28,29)/t15-/m1/s1. The molecule has 0 amide bonds. The predicted octanol–water partition coefficient (Wildman–Crippen LogP) is 4.85. The number of nitrogens with zero attached hydrogens (tertiary/aromatic N) is 2. The molecule has 2 aromatic heterocycles. The zero-order chi connectivity index (χ0) is 20.9.